The predicted octanol–water partition coefficient (Wildman–Crippen LogP) is 1.20. The molecule has 100 valence electrons. The highest BCUT2D eigenvalue weighted by molar-refractivity contribution is 5.91. The Morgan fingerprint density at radius 3 is 2.79 bits per heavy atom. The van der Waals surface area contributed by atoms with Crippen molar-refractivity contribution >= 4 is 23.1 Å². The minimum atomic E-state index is -5.24. The molecule has 1 amide bonds. The van der Waals surface area contributed by atoms with Crippen LogP contribution in [0.3, 0.4) is 0 Å². The second kappa shape index (κ2) is 4.55. The van der Waals surface area contributed by atoms with E-state index in [2.05, 4.69) is 14.7 Å². The number of pyridine rings is 1. The molecular weight excluding hydrogens is 269 g/mol. The van der Waals surface area contributed by atoms with Crippen molar-refractivity contribution in [2.24, 2.45) is 0 Å². The van der Waals surface area contributed by atoms with Crippen LogP contribution in [0.4, 0.5) is 18.0 Å². The number of nitrogens with one attached hydrogen (secondary N) is 1. The van der Waals surface area contributed by atoms with Gasteiger partial charge in [-0.2, -0.15) is 13.2 Å². The van der Waals surface area contributed by atoms with Gasteiger partial charge in [0.25, 0.3) is 0 Å². The van der Waals surface area contributed by atoms with Crippen LogP contribution >= 0.6 is 0 Å². The van der Waals surface area contributed by atoms with Crippen LogP contribution < -0.4 is 5.43 Å². The normalized spacial score (nSPS) is 11.3. The number of fused-ring (bicyclic) bond motifs is 1. The van der Waals surface area contributed by atoms with E-state index in [9.17, 15) is 22.8 Å². The Kier molecular flexibility index (Phi) is 3.07. The van der Waals surface area contributed by atoms with Crippen LogP contribution in [-0.2, 0) is 9.53 Å². The van der Waals surface area contributed by atoms with E-state index < -0.39 is 18.2 Å². The summed E-state index contributed by atoms with van der Waals surface area (Å²) in [7, 11) is 0. The van der Waals surface area contributed by atoms with E-state index in [0.29, 0.717) is 11.0 Å². The number of carbonyl (C=O) groups excluding carboxylic acids is 2. The molecule has 0 aromatic carbocycles. The largest absolute Gasteiger partial charge is 0.491 e. The first-order valence-electron chi connectivity index (χ1n) is 4.75. The number of amides is 1. The van der Waals surface area contributed by atoms with Gasteiger partial charge >= 0.3 is 18.2 Å². The standard InChI is InChI=1S/C9H5F3N4O3/c10-9(11,12)7(17)19-8(18)15-16-4-14-5-3-13-2-1-6(5)16/h1-4H,(H,15,18). The third-order valence-corrected chi connectivity index (χ3v) is 1.98. The Labute approximate surface area is 103 Å². The number of halogens is 3. The van der Waals surface area contributed by atoms with Gasteiger partial charge in [-0.1, -0.05) is 0 Å². The molecule has 7 nitrogen and oxygen atoms in total. The van der Waals surface area contributed by atoms with E-state index in [-0.39, 0.29) is 0 Å². The maximum absolute atomic E-state index is 11.9. The molecule has 2 aromatic heterocycles. The third kappa shape index (κ3) is 2.78. The number of alkyl halides is 3. The fourth-order valence-electron chi connectivity index (χ4n) is 1.22. The molecule has 0 aliphatic carbocycles. The Morgan fingerprint density at radius 2 is 2.11 bits per heavy atom. The predicted molar refractivity (Wildman–Crippen MR) is 54.4 cm³/mol. The SMILES string of the molecule is O=C(Nn1cnc2cnccc21)OC(=O)C(F)(F)F. The summed E-state index contributed by atoms with van der Waals surface area (Å²) in [6.07, 6.45) is -2.89. The number of hydrogen-bond acceptors (Lipinski definition) is 5. The third-order valence-electron chi connectivity index (χ3n) is 1.98. The number of esters is 1. The van der Waals surface area contributed by atoms with Crippen molar-refractivity contribution in [3.63, 3.8) is 0 Å². The minimum absolute atomic E-state index is 0.381. The average Bonchev–Trinajstić information content (AvgIpc) is 2.71. The molecule has 2 heterocycles. The first-order valence-corrected chi connectivity index (χ1v) is 4.75. The van der Waals surface area contributed by atoms with Gasteiger partial charge in [-0.15, -0.1) is 0 Å². The maximum Gasteiger partial charge on any atom is 0.491 e. The molecular formula is C9H5F3N4O3. The van der Waals surface area contributed by atoms with Crippen molar-refractivity contribution in [3.05, 3.63) is 24.8 Å². The Morgan fingerprint density at radius 1 is 1.37 bits per heavy atom. The topological polar surface area (TPSA) is 86.1 Å². The lowest BCUT2D eigenvalue weighted by atomic mass is 10.4. The lowest BCUT2D eigenvalue weighted by molar-refractivity contribution is -0.192. The van der Waals surface area contributed by atoms with Crippen LogP contribution in [0.1, 0.15) is 0 Å². The summed E-state index contributed by atoms with van der Waals surface area (Å²) in [5.41, 5.74) is 2.70. The fourth-order valence-corrected chi connectivity index (χ4v) is 1.22. The van der Waals surface area contributed by atoms with Crippen molar-refractivity contribution in [2.45, 2.75) is 6.18 Å². The zero-order valence-corrected chi connectivity index (χ0v) is 9.01. The van der Waals surface area contributed by atoms with Crippen molar-refractivity contribution in [2.75, 3.05) is 5.43 Å². The molecule has 0 saturated heterocycles. The van der Waals surface area contributed by atoms with Crippen molar-refractivity contribution < 1.29 is 27.5 Å². The van der Waals surface area contributed by atoms with E-state index in [1.165, 1.54) is 18.5 Å². The summed E-state index contributed by atoms with van der Waals surface area (Å²) in [5.74, 6) is -2.60. The lowest BCUT2D eigenvalue weighted by Crippen LogP contribution is -2.32. The van der Waals surface area contributed by atoms with Crippen LogP contribution in [0.2, 0.25) is 0 Å². The second-order valence-corrected chi connectivity index (χ2v) is 3.27. The molecule has 0 aliphatic heterocycles. The Balaban J connectivity index is 2.09. The monoisotopic (exact) mass is 274 g/mol. The van der Waals surface area contributed by atoms with Gasteiger partial charge in [0.2, 0.25) is 0 Å². The van der Waals surface area contributed by atoms with E-state index in [1.54, 1.807) is 0 Å². The molecule has 19 heavy (non-hydrogen) atoms. The highest BCUT2D eigenvalue weighted by Crippen LogP contribution is 2.16. The quantitative estimate of drug-likeness (QED) is 0.623. The highest BCUT2D eigenvalue weighted by Gasteiger charge is 2.42. The number of aromatic nitrogens is 3. The molecule has 0 spiro atoms. The van der Waals surface area contributed by atoms with Crippen molar-refractivity contribution in [1.29, 1.82) is 0 Å². The molecule has 0 aliphatic rings. The van der Waals surface area contributed by atoms with Gasteiger partial charge in [0.05, 0.1) is 11.7 Å². The van der Waals surface area contributed by atoms with E-state index >= 15 is 0 Å². The zero-order chi connectivity index (χ0) is 14.0. The van der Waals surface area contributed by atoms with Crippen molar-refractivity contribution in [3.8, 4) is 0 Å². The molecule has 0 saturated carbocycles. The number of carbonyl (C=O) groups is 2. The van der Waals surface area contributed by atoms with Crippen LogP contribution in [0.25, 0.3) is 11.0 Å². The molecule has 2 aromatic rings. The number of hydrogen-bond donors (Lipinski definition) is 1. The summed E-state index contributed by atoms with van der Waals surface area (Å²) in [4.78, 5) is 29.1. The molecule has 1 N–H and O–H groups in total. The number of nitrogens with zero attached hydrogens (tertiary/aromatic N) is 3. The summed E-state index contributed by atoms with van der Waals surface area (Å²) < 4.78 is 40.1. The van der Waals surface area contributed by atoms with Crippen LogP contribution in [0, 0.1) is 0 Å². The van der Waals surface area contributed by atoms with Gasteiger partial charge in [0.15, 0.2) is 0 Å². The first kappa shape index (κ1) is 12.8. The molecule has 10 heteroatoms. The van der Waals surface area contributed by atoms with Crippen molar-refractivity contribution in [1.82, 2.24) is 14.6 Å². The molecule has 2 rings (SSSR count). The van der Waals surface area contributed by atoms with Crippen LogP contribution in [0.5, 0.6) is 0 Å². The maximum atomic E-state index is 11.9. The number of imidazole rings is 1. The van der Waals surface area contributed by atoms with E-state index in [4.69, 9.17) is 0 Å². The van der Waals surface area contributed by atoms with Gasteiger partial charge in [0.1, 0.15) is 11.8 Å². The first-order chi connectivity index (χ1) is 8.88. The zero-order valence-electron chi connectivity index (χ0n) is 9.01. The molecule has 0 atom stereocenters. The molecule has 0 radical (unpaired) electrons. The summed E-state index contributed by atoms with van der Waals surface area (Å²) in [5, 5.41) is 0. The highest BCUT2D eigenvalue weighted by atomic mass is 19.4. The summed E-state index contributed by atoms with van der Waals surface area (Å²) in [6, 6.07) is 1.47. The Hall–Kier alpha value is -2.65. The Bertz CT molecular complexity index is 637. The average molecular weight is 274 g/mol. The molecule has 0 fully saturated rings. The van der Waals surface area contributed by atoms with Gasteiger partial charge < -0.3 is 4.74 Å². The molecule has 0 unspecified atom stereocenters. The van der Waals surface area contributed by atoms with Crippen LogP contribution in [0.15, 0.2) is 24.8 Å². The van der Waals surface area contributed by atoms with E-state index in [0.717, 1.165) is 11.0 Å². The lowest BCUT2D eigenvalue weighted by Gasteiger charge is -2.08. The fraction of sp³-hybridized carbons (Fsp3) is 0.111. The summed E-state index contributed by atoms with van der Waals surface area (Å²) >= 11 is 0. The smallest absolute Gasteiger partial charge is 0.368 e. The number of ether oxygens (including phenoxy) is 1. The van der Waals surface area contributed by atoms with Gasteiger partial charge in [-0.25, -0.2) is 24.7 Å². The number of rotatable bonds is 1. The molecule has 0 bridgehead atoms. The van der Waals surface area contributed by atoms with Gasteiger partial charge in [0, 0.05) is 6.20 Å². The van der Waals surface area contributed by atoms with E-state index in [1.807, 2.05) is 5.43 Å². The van der Waals surface area contributed by atoms with Gasteiger partial charge in [-0.05, 0) is 6.07 Å². The second-order valence-electron chi connectivity index (χ2n) is 3.27. The van der Waals surface area contributed by atoms with Gasteiger partial charge in [-0.3, -0.25) is 4.98 Å². The van der Waals surface area contributed by atoms with Crippen LogP contribution in [-0.4, -0.2) is 32.9 Å². The summed E-state index contributed by atoms with van der Waals surface area (Å²) in [6.45, 7) is 0. The minimum Gasteiger partial charge on any atom is -0.368 e.